The van der Waals surface area contributed by atoms with Gasteiger partial charge in [0.15, 0.2) is 0 Å². The molecule has 0 fully saturated rings. The molecule has 0 saturated heterocycles. The lowest BCUT2D eigenvalue weighted by molar-refractivity contribution is -0.118. The Morgan fingerprint density at radius 2 is 1.41 bits per heavy atom. The number of benzene rings is 1. The zero-order valence-electron chi connectivity index (χ0n) is 11.6. The summed E-state index contributed by atoms with van der Waals surface area (Å²) in [6.07, 6.45) is 1.38. The van der Waals surface area contributed by atoms with E-state index in [2.05, 4.69) is 43.0 Å². The van der Waals surface area contributed by atoms with Crippen LogP contribution in [0.2, 0.25) is 0 Å². The summed E-state index contributed by atoms with van der Waals surface area (Å²) in [6.45, 7) is 10.3. The van der Waals surface area contributed by atoms with Crippen LogP contribution in [0, 0.1) is 0 Å². The van der Waals surface area contributed by atoms with Crippen molar-refractivity contribution in [1.82, 2.24) is 0 Å². The van der Waals surface area contributed by atoms with Crippen LogP contribution in [0.25, 0.3) is 0 Å². The quantitative estimate of drug-likeness (QED) is 0.771. The van der Waals surface area contributed by atoms with Crippen LogP contribution >= 0.6 is 0 Å². The molecule has 0 bridgehead atoms. The summed E-state index contributed by atoms with van der Waals surface area (Å²) in [5.74, 6) is 0.343. The molecular weight excluding hydrogens is 210 g/mol. The van der Waals surface area contributed by atoms with E-state index >= 15 is 0 Å². The van der Waals surface area contributed by atoms with Gasteiger partial charge < -0.3 is 4.90 Å². The fraction of sp³-hybridized carbons (Fsp3) is 0.533. The number of ketones is 1. The van der Waals surface area contributed by atoms with Crippen molar-refractivity contribution in [2.24, 2.45) is 0 Å². The first-order valence-corrected chi connectivity index (χ1v) is 6.51. The van der Waals surface area contributed by atoms with E-state index < -0.39 is 0 Å². The summed E-state index contributed by atoms with van der Waals surface area (Å²) in [7, 11) is 0. The molecule has 0 aliphatic heterocycles. The molecule has 0 saturated carbocycles. The topological polar surface area (TPSA) is 20.3 Å². The number of para-hydroxylation sites is 1. The molecule has 1 aromatic rings. The summed E-state index contributed by atoms with van der Waals surface area (Å²) in [6, 6.07) is 10.5. The molecule has 0 heterocycles. The molecule has 0 atom stereocenters. The van der Waals surface area contributed by atoms with Crippen LogP contribution in [0.5, 0.6) is 0 Å². The first-order valence-electron chi connectivity index (χ1n) is 6.51. The van der Waals surface area contributed by atoms with Gasteiger partial charge in [0.05, 0.1) is 0 Å². The minimum Gasteiger partial charge on any atom is -0.372 e. The van der Waals surface area contributed by atoms with Crippen LogP contribution in [0.3, 0.4) is 0 Å². The average Bonchev–Trinajstić information content (AvgIpc) is 2.41. The monoisotopic (exact) mass is 235 g/mol. The molecule has 0 amide bonds. The highest BCUT2D eigenvalue weighted by molar-refractivity contribution is 5.77. The highest BCUT2D eigenvalue weighted by atomic mass is 16.1. The Bertz CT molecular complexity index is 285. The first kappa shape index (κ1) is 15.7. The molecule has 17 heavy (non-hydrogen) atoms. The molecule has 96 valence electrons. The zero-order valence-corrected chi connectivity index (χ0v) is 11.6. The van der Waals surface area contributed by atoms with Crippen molar-refractivity contribution in [2.45, 2.75) is 40.5 Å². The maximum absolute atomic E-state index is 10.2. The van der Waals surface area contributed by atoms with Gasteiger partial charge in [0.2, 0.25) is 0 Å². The van der Waals surface area contributed by atoms with Crippen LogP contribution in [0.4, 0.5) is 5.69 Å². The van der Waals surface area contributed by atoms with Crippen molar-refractivity contribution in [1.29, 1.82) is 0 Å². The Labute approximate surface area is 106 Å². The van der Waals surface area contributed by atoms with E-state index in [0.717, 1.165) is 13.1 Å². The van der Waals surface area contributed by atoms with Crippen LogP contribution in [0.15, 0.2) is 30.3 Å². The van der Waals surface area contributed by atoms with E-state index in [1.54, 1.807) is 0 Å². The minimum atomic E-state index is 0.343. The Kier molecular flexibility index (Phi) is 9.12. The van der Waals surface area contributed by atoms with E-state index in [1.165, 1.54) is 5.69 Å². The van der Waals surface area contributed by atoms with Crippen molar-refractivity contribution in [3.8, 4) is 0 Å². The lowest BCUT2D eigenvalue weighted by Crippen LogP contribution is -2.21. The predicted molar refractivity (Wildman–Crippen MR) is 75.6 cm³/mol. The van der Waals surface area contributed by atoms with Crippen LogP contribution in [-0.4, -0.2) is 18.9 Å². The molecule has 2 heteroatoms. The summed E-state index contributed by atoms with van der Waals surface area (Å²) in [4.78, 5) is 12.5. The van der Waals surface area contributed by atoms with Crippen molar-refractivity contribution in [3.63, 3.8) is 0 Å². The van der Waals surface area contributed by atoms with Gasteiger partial charge in [-0.2, -0.15) is 0 Å². The van der Waals surface area contributed by atoms with Gasteiger partial charge in [-0.1, -0.05) is 32.0 Å². The zero-order chi connectivity index (χ0) is 13.1. The van der Waals surface area contributed by atoms with Crippen LogP contribution in [-0.2, 0) is 4.79 Å². The predicted octanol–water partition coefficient (Wildman–Crippen LogP) is 3.91. The number of rotatable bonds is 5. The van der Waals surface area contributed by atoms with Gasteiger partial charge in [-0.05, 0) is 26.0 Å². The van der Waals surface area contributed by atoms with Gasteiger partial charge in [0, 0.05) is 31.6 Å². The van der Waals surface area contributed by atoms with Crippen molar-refractivity contribution in [3.05, 3.63) is 30.3 Å². The third-order valence-corrected chi connectivity index (χ3v) is 2.67. The maximum atomic E-state index is 10.2. The highest BCUT2D eigenvalue weighted by Crippen LogP contribution is 2.11. The van der Waals surface area contributed by atoms with E-state index in [0.29, 0.717) is 18.6 Å². The molecule has 0 unspecified atom stereocenters. The third-order valence-electron chi connectivity index (χ3n) is 2.67. The van der Waals surface area contributed by atoms with Crippen molar-refractivity contribution < 1.29 is 4.79 Å². The van der Waals surface area contributed by atoms with Gasteiger partial charge >= 0.3 is 0 Å². The molecule has 2 nitrogen and oxygen atoms in total. The second-order valence-electron chi connectivity index (χ2n) is 3.75. The van der Waals surface area contributed by atoms with Crippen LogP contribution < -0.4 is 4.90 Å². The maximum Gasteiger partial charge on any atom is 0.132 e. The average molecular weight is 235 g/mol. The normalized spacial score (nSPS) is 9.18. The van der Waals surface area contributed by atoms with Gasteiger partial charge in [-0.15, -0.1) is 0 Å². The molecular formula is C15H25NO. The SMILES string of the molecule is CCC(=O)CC.CCN(CC)c1ccccc1. The number of carbonyl (C=O) groups excluding carboxylic acids is 1. The number of hydrogen-bond donors (Lipinski definition) is 0. The van der Waals surface area contributed by atoms with Gasteiger partial charge in [-0.25, -0.2) is 0 Å². The fourth-order valence-electron chi connectivity index (χ4n) is 1.48. The van der Waals surface area contributed by atoms with E-state index in [-0.39, 0.29) is 0 Å². The van der Waals surface area contributed by atoms with Crippen molar-refractivity contribution in [2.75, 3.05) is 18.0 Å². The summed E-state index contributed by atoms with van der Waals surface area (Å²) < 4.78 is 0. The number of nitrogens with zero attached hydrogens (tertiary/aromatic N) is 1. The van der Waals surface area contributed by atoms with Crippen LogP contribution in [0.1, 0.15) is 40.5 Å². The lowest BCUT2D eigenvalue weighted by atomic mass is 10.3. The minimum absolute atomic E-state index is 0.343. The Morgan fingerprint density at radius 3 is 1.71 bits per heavy atom. The largest absolute Gasteiger partial charge is 0.372 e. The number of carbonyl (C=O) groups is 1. The molecule has 0 aliphatic carbocycles. The van der Waals surface area contributed by atoms with E-state index in [1.807, 2.05) is 19.9 Å². The molecule has 0 spiro atoms. The third kappa shape index (κ3) is 6.77. The summed E-state index contributed by atoms with van der Waals surface area (Å²) >= 11 is 0. The summed E-state index contributed by atoms with van der Waals surface area (Å²) in [5, 5.41) is 0. The van der Waals surface area contributed by atoms with Gasteiger partial charge in [0.25, 0.3) is 0 Å². The number of hydrogen-bond acceptors (Lipinski definition) is 2. The molecule has 1 rings (SSSR count). The molecule has 0 aliphatic rings. The first-order chi connectivity index (χ1) is 8.19. The van der Waals surface area contributed by atoms with Gasteiger partial charge in [-0.3, -0.25) is 4.79 Å². The molecule has 1 aromatic carbocycles. The number of Topliss-reactive ketones (excluding diaryl/α,β-unsaturated/α-hetero) is 1. The van der Waals surface area contributed by atoms with Gasteiger partial charge in [0.1, 0.15) is 5.78 Å². The summed E-state index contributed by atoms with van der Waals surface area (Å²) in [5.41, 5.74) is 1.32. The fourth-order valence-corrected chi connectivity index (χ4v) is 1.48. The Morgan fingerprint density at radius 1 is 0.941 bits per heavy atom. The van der Waals surface area contributed by atoms with E-state index in [9.17, 15) is 4.79 Å². The molecule has 0 N–H and O–H groups in total. The Balaban J connectivity index is 0.000000366. The molecule has 0 radical (unpaired) electrons. The van der Waals surface area contributed by atoms with E-state index in [4.69, 9.17) is 0 Å². The Hall–Kier alpha value is -1.31. The van der Waals surface area contributed by atoms with Crippen molar-refractivity contribution >= 4 is 11.5 Å². The lowest BCUT2D eigenvalue weighted by Gasteiger charge is -2.20. The number of anilines is 1. The molecule has 0 aromatic heterocycles. The smallest absolute Gasteiger partial charge is 0.132 e. The highest BCUT2D eigenvalue weighted by Gasteiger charge is 1.97. The standard InChI is InChI=1S/C10H15N.C5H10O/c1-3-11(4-2)10-8-6-5-7-9-10;1-3-5(6)4-2/h5-9H,3-4H2,1-2H3;3-4H2,1-2H3. The second kappa shape index (κ2) is 9.88. The second-order valence-corrected chi connectivity index (χ2v) is 3.75.